The van der Waals surface area contributed by atoms with Crippen molar-refractivity contribution in [3.8, 4) is 0 Å². The number of rotatable bonds is 4. The first kappa shape index (κ1) is 22.0. The number of nitrogens with one attached hydrogen (secondary N) is 2. The molecule has 0 heterocycles. The van der Waals surface area contributed by atoms with E-state index in [4.69, 9.17) is 0 Å². The van der Waals surface area contributed by atoms with Crippen LogP contribution in [0, 0.1) is 19.7 Å². The maximum Gasteiger partial charge on any atom is 0.418 e. The number of carbonyl (C=O) groups excluding carboxylic acids is 2. The normalized spacial score (nSPS) is 11.2. The average molecular weight is 430 g/mol. The fourth-order valence-corrected chi connectivity index (χ4v) is 3.07. The second-order valence-corrected chi connectivity index (χ2v) is 6.96. The largest absolute Gasteiger partial charge is 0.418 e. The maximum atomic E-state index is 13.7. The van der Waals surface area contributed by atoms with Gasteiger partial charge in [0.25, 0.3) is 11.8 Å². The average Bonchev–Trinajstić information content (AvgIpc) is 2.68. The number of hydrogen-bond acceptors (Lipinski definition) is 2. The molecule has 3 aromatic carbocycles. The van der Waals surface area contributed by atoms with Gasteiger partial charge in [-0.05, 0) is 55.8 Å². The Kier molecular flexibility index (Phi) is 6.10. The number of alkyl halides is 3. The fraction of sp³-hybridized carbons (Fsp3) is 0.130. The van der Waals surface area contributed by atoms with Crippen molar-refractivity contribution in [2.75, 3.05) is 10.6 Å². The molecule has 0 atom stereocenters. The van der Waals surface area contributed by atoms with Gasteiger partial charge in [-0.1, -0.05) is 29.8 Å². The van der Waals surface area contributed by atoms with Crippen LogP contribution in [0.2, 0.25) is 0 Å². The van der Waals surface area contributed by atoms with E-state index in [0.29, 0.717) is 11.6 Å². The molecule has 0 radical (unpaired) electrons. The van der Waals surface area contributed by atoms with Gasteiger partial charge >= 0.3 is 6.18 Å². The Balaban J connectivity index is 1.89. The lowest BCUT2D eigenvalue weighted by atomic mass is 10.0. The summed E-state index contributed by atoms with van der Waals surface area (Å²) >= 11 is 0. The number of anilines is 2. The molecule has 160 valence electrons. The van der Waals surface area contributed by atoms with Crippen LogP contribution in [0.4, 0.5) is 28.9 Å². The molecule has 3 rings (SSSR count). The van der Waals surface area contributed by atoms with Gasteiger partial charge in [0.2, 0.25) is 0 Å². The summed E-state index contributed by atoms with van der Waals surface area (Å²) < 4.78 is 54.6. The van der Waals surface area contributed by atoms with Gasteiger partial charge in [0.05, 0.1) is 16.8 Å². The van der Waals surface area contributed by atoms with Gasteiger partial charge < -0.3 is 10.6 Å². The van der Waals surface area contributed by atoms with Crippen LogP contribution in [0.15, 0.2) is 60.7 Å². The third-order valence-corrected chi connectivity index (χ3v) is 4.58. The van der Waals surface area contributed by atoms with E-state index in [-0.39, 0.29) is 16.8 Å². The highest BCUT2D eigenvalue weighted by atomic mass is 19.4. The zero-order valence-electron chi connectivity index (χ0n) is 16.6. The van der Waals surface area contributed by atoms with Crippen molar-refractivity contribution in [3.63, 3.8) is 0 Å². The van der Waals surface area contributed by atoms with Crippen LogP contribution in [0.5, 0.6) is 0 Å². The highest BCUT2D eigenvalue weighted by Crippen LogP contribution is 2.37. The minimum absolute atomic E-state index is 0.190. The Morgan fingerprint density at radius 2 is 1.48 bits per heavy atom. The molecular weight excluding hydrogens is 412 g/mol. The Morgan fingerprint density at radius 1 is 0.806 bits per heavy atom. The molecule has 0 saturated heterocycles. The lowest BCUT2D eigenvalue weighted by molar-refractivity contribution is -0.136. The predicted molar refractivity (Wildman–Crippen MR) is 110 cm³/mol. The van der Waals surface area contributed by atoms with Crippen LogP contribution >= 0.6 is 0 Å². The summed E-state index contributed by atoms with van der Waals surface area (Å²) in [5.74, 6) is -2.38. The van der Waals surface area contributed by atoms with Gasteiger partial charge in [-0.25, -0.2) is 4.39 Å². The van der Waals surface area contributed by atoms with Crippen molar-refractivity contribution in [1.29, 1.82) is 0 Å². The van der Waals surface area contributed by atoms with E-state index in [1.165, 1.54) is 30.3 Å². The van der Waals surface area contributed by atoms with Crippen molar-refractivity contribution in [3.05, 3.63) is 94.3 Å². The number of halogens is 4. The number of aryl methyl sites for hydroxylation is 2. The fourth-order valence-electron chi connectivity index (χ4n) is 3.07. The molecule has 0 fully saturated rings. The minimum atomic E-state index is -4.80. The smallest absolute Gasteiger partial charge is 0.322 e. The second kappa shape index (κ2) is 8.59. The van der Waals surface area contributed by atoms with E-state index in [2.05, 4.69) is 10.6 Å². The van der Waals surface area contributed by atoms with Crippen molar-refractivity contribution < 1.29 is 27.2 Å². The van der Waals surface area contributed by atoms with Gasteiger partial charge in [0, 0.05) is 11.3 Å². The summed E-state index contributed by atoms with van der Waals surface area (Å²) in [6.45, 7) is 3.53. The van der Waals surface area contributed by atoms with Crippen LogP contribution in [0.1, 0.15) is 37.4 Å². The molecule has 0 aliphatic heterocycles. The predicted octanol–water partition coefficient (Wildman–Crippen LogP) is 5.97. The first-order valence-electron chi connectivity index (χ1n) is 9.22. The highest BCUT2D eigenvalue weighted by Gasteiger charge is 2.34. The summed E-state index contributed by atoms with van der Waals surface area (Å²) in [7, 11) is 0. The zero-order valence-corrected chi connectivity index (χ0v) is 16.6. The lowest BCUT2D eigenvalue weighted by Crippen LogP contribution is -2.19. The van der Waals surface area contributed by atoms with E-state index >= 15 is 0 Å². The number of benzene rings is 3. The Labute approximate surface area is 175 Å². The quantitative estimate of drug-likeness (QED) is 0.502. The Bertz CT molecular complexity index is 1160. The molecule has 0 saturated carbocycles. The Hall–Kier alpha value is -3.68. The van der Waals surface area contributed by atoms with Gasteiger partial charge in [-0.3, -0.25) is 9.59 Å². The molecule has 8 heteroatoms. The van der Waals surface area contributed by atoms with E-state index < -0.39 is 35.1 Å². The highest BCUT2D eigenvalue weighted by molar-refractivity contribution is 6.07. The summed E-state index contributed by atoms with van der Waals surface area (Å²) in [6, 6.07) is 13.0. The number of amides is 2. The first-order chi connectivity index (χ1) is 14.6. The molecule has 0 aliphatic carbocycles. The van der Waals surface area contributed by atoms with E-state index in [1.807, 2.05) is 6.92 Å². The lowest BCUT2D eigenvalue weighted by Gasteiger charge is -2.16. The molecule has 0 spiro atoms. The molecule has 31 heavy (non-hydrogen) atoms. The van der Waals surface area contributed by atoms with Crippen molar-refractivity contribution in [2.24, 2.45) is 0 Å². The topological polar surface area (TPSA) is 58.2 Å². The molecule has 0 bridgehead atoms. The maximum absolute atomic E-state index is 13.7. The molecule has 0 unspecified atom stereocenters. The summed E-state index contributed by atoms with van der Waals surface area (Å²) in [5.41, 5.74) is -0.304. The third-order valence-electron chi connectivity index (χ3n) is 4.58. The van der Waals surface area contributed by atoms with Crippen LogP contribution < -0.4 is 10.6 Å². The van der Waals surface area contributed by atoms with Crippen LogP contribution in [0.25, 0.3) is 0 Å². The molecular formula is C23H18F4N2O2. The first-order valence-corrected chi connectivity index (χ1v) is 9.22. The molecule has 0 aliphatic rings. The minimum Gasteiger partial charge on any atom is -0.322 e. The van der Waals surface area contributed by atoms with Gasteiger partial charge in [-0.2, -0.15) is 13.2 Å². The van der Waals surface area contributed by atoms with Crippen LogP contribution in [0.3, 0.4) is 0 Å². The molecule has 4 nitrogen and oxygen atoms in total. The zero-order chi connectivity index (χ0) is 22.8. The molecule has 3 aromatic rings. The van der Waals surface area contributed by atoms with Gasteiger partial charge in [0.15, 0.2) is 0 Å². The number of carbonyl (C=O) groups is 2. The molecule has 2 amide bonds. The summed E-state index contributed by atoms with van der Waals surface area (Å²) in [6.07, 6.45) is -4.80. The van der Waals surface area contributed by atoms with Crippen LogP contribution in [-0.2, 0) is 6.18 Å². The SMILES string of the molecule is Cc1ccc(C(=O)Nc2ccc(NC(=O)c3ccccc3F)cc2C(F)(F)F)c(C)c1. The summed E-state index contributed by atoms with van der Waals surface area (Å²) in [5, 5.41) is 4.53. The monoisotopic (exact) mass is 430 g/mol. The van der Waals surface area contributed by atoms with E-state index in [9.17, 15) is 27.2 Å². The molecule has 2 N–H and O–H groups in total. The van der Waals surface area contributed by atoms with E-state index in [0.717, 1.165) is 17.7 Å². The number of hydrogen-bond donors (Lipinski definition) is 2. The Morgan fingerprint density at radius 3 is 2.13 bits per heavy atom. The van der Waals surface area contributed by atoms with Gasteiger partial charge in [0.1, 0.15) is 5.82 Å². The van der Waals surface area contributed by atoms with Crippen LogP contribution in [-0.4, -0.2) is 11.8 Å². The standard InChI is InChI=1S/C23H18F4N2O2/c1-13-7-9-16(14(2)11-13)21(30)29-20-10-8-15(12-18(20)23(25,26)27)28-22(31)17-5-3-4-6-19(17)24/h3-12H,1-2H3,(H,28,31)(H,29,30). The third kappa shape index (κ3) is 5.09. The summed E-state index contributed by atoms with van der Waals surface area (Å²) in [4.78, 5) is 24.7. The van der Waals surface area contributed by atoms with E-state index in [1.54, 1.807) is 19.1 Å². The molecule has 0 aromatic heterocycles. The van der Waals surface area contributed by atoms with Crippen molar-refractivity contribution in [2.45, 2.75) is 20.0 Å². The van der Waals surface area contributed by atoms with Crippen molar-refractivity contribution in [1.82, 2.24) is 0 Å². The van der Waals surface area contributed by atoms with Crippen molar-refractivity contribution >= 4 is 23.2 Å². The second-order valence-electron chi connectivity index (χ2n) is 6.96. The van der Waals surface area contributed by atoms with Gasteiger partial charge in [-0.15, -0.1) is 0 Å².